The van der Waals surface area contributed by atoms with Crippen molar-refractivity contribution in [2.45, 2.75) is 19.3 Å². The average Bonchev–Trinajstić information content (AvgIpc) is 3.01. The highest BCUT2D eigenvalue weighted by Gasteiger charge is 2.19. The average molecular weight is 284 g/mol. The van der Waals surface area contributed by atoms with Crippen molar-refractivity contribution in [1.29, 1.82) is 0 Å². The molecule has 0 spiro atoms. The third-order valence-electron chi connectivity index (χ3n) is 3.62. The molecule has 6 nitrogen and oxygen atoms in total. The third kappa shape index (κ3) is 2.90. The summed E-state index contributed by atoms with van der Waals surface area (Å²) in [5, 5.41) is 12.4. The lowest BCUT2D eigenvalue weighted by molar-refractivity contribution is 0.0696. The normalized spacial score (nSPS) is 17.9. The first-order chi connectivity index (χ1) is 10.1. The Kier molecular flexibility index (Phi) is 3.62. The van der Waals surface area contributed by atoms with Crippen LogP contribution in [0.15, 0.2) is 24.5 Å². The molecule has 2 N–H and O–H groups in total. The number of rotatable bonds is 3. The number of aromatic nitrogens is 3. The van der Waals surface area contributed by atoms with Gasteiger partial charge in [-0.25, -0.2) is 14.8 Å². The molecule has 0 aromatic carbocycles. The molecule has 1 saturated heterocycles. The summed E-state index contributed by atoms with van der Waals surface area (Å²) >= 11 is 0. The van der Waals surface area contributed by atoms with Crippen molar-refractivity contribution in [3.05, 3.63) is 41.6 Å². The van der Waals surface area contributed by atoms with Crippen LogP contribution in [0.2, 0.25) is 0 Å². The molecule has 0 radical (unpaired) electrons. The lowest BCUT2D eigenvalue weighted by atomic mass is 10.0. The highest BCUT2D eigenvalue weighted by atomic mass is 16.4. The molecule has 0 aliphatic carbocycles. The van der Waals surface area contributed by atoms with Crippen molar-refractivity contribution in [3.63, 3.8) is 0 Å². The Labute approximate surface area is 122 Å². The van der Waals surface area contributed by atoms with Crippen molar-refractivity contribution in [1.82, 2.24) is 20.3 Å². The van der Waals surface area contributed by atoms with Crippen molar-refractivity contribution >= 4 is 5.97 Å². The summed E-state index contributed by atoms with van der Waals surface area (Å²) < 4.78 is 0. The van der Waals surface area contributed by atoms with E-state index in [-0.39, 0.29) is 5.56 Å². The van der Waals surface area contributed by atoms with Crippen LogP contribution in [0.4, 0.5) is 0 Å². The Morgan fingerprint density at radius 2 is 2.19 bits per heavy atom. The Hall–Kier alpha value is -2.34. The van der Waals surface area contributed by atoms with Gasteiger partial charge >= 0.3 is 5.97 Å². The van der Waals surface area contributed by atoms with E-state index in [9.17, 15) is 4.79 Å². The minimum atomic E-state index is -0.990. The number of nitrogens with one attached hydrogen (secondary N) is 1. The SMILES string of the molecule is Cc1nc(-c2cncc(C(=O)O)c2)cc(C2CCNC2)n1. The highest BCUT2D eigenvalue weighted by molar-refractivity contribution is 5.88. The van der Waals surface area contributed by atoms with Crippen LogP contribution >= 0.6 is 0 Å². The van der Waals surface area contributed by atoms with E-state index < -0.39 is 5.97 Å². The first-order valence-corrected chi connectivity index (χ1v) is 6.88. The van der Waals surface area contributed by atoms with Gasteiger partial charge in [0.05, 0.1) is 11.3 Å². The zero-order chi connectivity index (χ0) is 14.8. The number of carbonyl (C=O) groups is 1. The summed E-state index contributed by atoms with van der Waals surface area (Å²) in [6, 6.07) is 3.53. The van der Waals surface area contributed by atoms with Gasteiger partial charge in [-0.2, -0.15) is 0 Å². The van der Waals surface area contributed by atoms with Gasteiger partial charge in [0, 0.05) is 36.1 Å². The lowest BCUT2D eigenvalue weighted by Crippen LogP contribution is -2.10. The molecule has 0 amide bonds. The van der Waals surface area contributed by atoms with Crippen LogP contribution in [0.5, 0.6) is 0 Å². The number of carboxylic acid groups (broad SMARTS) is 1. The Morgan fingerprint density at radius 1 is 1.33 bits per heavy atom. The molecule has 3 heterocycles. The maximum absolute atomic E-state index is 11.0. The first-order valence-electron chi connectivity index (χ1n) is 6.88. The van der Waals surface area contributed by atoms with Crippen molar-refractivity contribution in [3.8, 4) is 11.3 Å². The zero-order valence-electron chi connectivity index (χ0n) is 11.7. The monoisotopic (exact) mass is 284 g/mol. The van der Waals surface area contributed by atoms with E-state index in [0.29, 0.717) is 17.3 Å². The van der Waals surface area contributed by atoms with Gasteiger partial charge in [-0.1, -0.05) is 0 Å². The van der Waals surface area contributed by atoms with Gasteiger partial charge in [0.2, 0.25) is 0 Å². The van der Waals surface area contributed by atoms with Crippen LogP contribution in [-0.4, -0.2) is 39.1 Å². The summed E-state index contributed by atoms with van der Waals surface area (Å²) in [6.07, 6.45) is 4.02. The van der Waals surface area contributed by atoms with Crippen LogP contribution in [-0.2, 0) is 0 Å². The van der Waals surface area contributed by atoms with Crippen molar-refractivity contribution < 1.29 is 9.90 Å². The number of hydrogen-bond donors (Lipinski definition) is 2. The van der Waals surface area contributed by atoms with Crippen LogP contribution in [0.1, 0.15) is 34.2 Å². The van der Waals surface area contributed by atoms with Crippen LogP contribution < -0.4 is 5.32 Å². The molecule has 108 valence electrons. The molecular formula is C15H16N4O2. The highest BCUT2D eigenvalue weighted by Crippen LogP contribution is 2.25. The summed E-state index contributed by atoms with van der Waals surface area (Å²) in [4.78, 5) is 24.0. The molecule has 0 saturated carbocycles. The molecule has 21 heavy (non-hydrogen) atoms. The Balaban J connectivity index is 2.01. The molecule has 2 aromatic rings. The smallest absolute Gasteiger partial charge is 0.337 e. The number of pyridine rings is 1. The summed E-state index contributed by atoms with van der Waals surface area (Å²) in [5.41, 5.74) is 2.59. The van der Waals surface area contributed by atoms with Gasteiger partial charge in [-0.15, -0.1) is 0 Å². The lowest BCUT2D eigenvalue weighted by Gasteiger charge is -2.11. The van der Waals surface area contributed by atoms with Gasteiger partial charge in [0.15, 0.2) is 0 Å². The first kappa shape index (κ1) is 13.6. The molecule has 2 aromatic heterocycles. The molecular weight excluding hydrogens is 268 g/mol. The largest absolute Gasteiger partial charge is 0.478 e. The summed E-state index contributed by atoms with van der Waals surface area (Å²) in [6.45, 7) is 3.77. The van der Waals surface area contributed by atoms with E-state index in [1.807, 2.05) is 13.0 Å². The van der Waals surface area contributed by atoms with Crippen LogP contribution in [0, 0.1) is 6.92 Å². The standard InChI is InChI=1S/C15H16N4O2/c1-9-18-13(10-2-3-16-6-10)5-14(19-9)11-4-12(15(20)21)8-17-7-11/h4-5,7-8,10,16H,2-3,6H2,1H3,(H,20,21). The molecule has 1 aliphatic heterocycles. The van der Waals surface area contributed by atoms with Crippen LogP contribution in [0.25, 0.3) is 11.3 Å². The number of hydrogen-bond acceptors (Lipinski definition) is 5. The minimum absolute atomic E-state index is 0.160. The number of aryl methyl sites for hydroxylation is 1. The Morgan fingerprint density at radius 3 is 2.90 bits per heavy atom. The Bertz CT molecular complexity index is 681. The van der Waals surface area contributed by atoms with E-state index in [1.54, 1.807) is 12.3 Å². The van der Waals surface area contributed by atoms with Crippen molar-refractivity contribution in [2.24, 2.45) is 0 Å². The van der Waals surface area contributed by atoms with Crippen LogP contribution in [0.3, 0.4) is 0 Å². The van der Waals surface area contributed by atoms with Gasteiger partial charge in [0.25, 0.3) is 0 Å². The third-order valence-corrected chi connectivity index (χ3v) is 3.62. The second-order valence-electron chi connectivity index (χ2n) is 5.18. The fraction of sp³-hybridized carbons (Fsp3) is 0.333. The predicted octanol–water partition coefficient (Wildman–Crippen LogP) is 1.62. The van der Waals surface area contributed by atoms with E-state index >= 15 is 0 Å². The predicted molar refractivity (Wildman–Crippen MR) is 77.2 cm³/mol. The molecule has 1 atom stereocenters. The molecule has 1 aliphatic rings. The minimum Gasteiger partial charge on any atom is -0.478 e. The second-order valence-corrected chi connectivity index (χ2v) is 5.18. The zero-order valence-corrected chi connectivity index (χ0v) is 11.7. The van der Waals surface area contributed by atoms with E-state index in [2.05, 4.69) is 20.3 Å². The topological polar surface area (TPSA) is 88.0 Å². The molecule has 6 heteroatoms. The fourth-order valence-electron chi connectivity index (χ4n) is 2.55. The van der Waals surface area contributed by atoms with Crippen molar-refractivity contribution in [2.75, 3.05) is 13.1 Å². The number of aromatic carboxylic acids is 1. The quantitative estimate of drug-likeness (QED) is 0.890. The molecule has 1 fully saturated rings. The van der Waals surface area contributed by atoms with E-state index in [0.717, 1.165) is 30.9 Å². The second kappa shape index (κ2) is 5.57. The molecule has 1 unspecified atom stereocenters. The fourth-order valence-corrected chi connectivity index (χ4v) is 2.55. The van der Waals surface area contributed by atoms with E-state index in [4.69, 9.17) is 5.11 Å². The number of nitrogens with zero attached hydrogens (tertiary/aromatic N) is 3. The maximum Gasteiger partial charge on any atom is 0.337 e. The van der Waals surface area contributed by atoms with Gasteiger partial charge in [0.1, 0.15) is 5.82 Å². The summed E-state index contributed by atoms with van der Waals surface area (Å²) in [5.74, 6) is 0.0894. The summed E-state index contributed by atoms with van der Waals surface area (Å²) in [7, 11) is 0. The van der Waals surface area contributed by atoms with E-state index in [1.165, 1.54) is 6.20 Å². The van der Waals surface area contributed by atoms with Gasteiger partial charge < -0.3 is 10.4 Å². The van der Waals surface area contributed by atoms with Gasteiger partial charge in [-0.05, 0) is 32.0 Å². The molecule has 0 bridgehead atoms. The molecule has 3 rings (SSSR count). The number of carboxylic acids is 1. The van der Waals surface area contributed by atoms with Gasteiger partial charge in [-0.3, -0.25) is 4.98 Å². The maximum atomic E-state index is 11.0.